The van der Waals surface area contributed by atoms with Crippen molar-refractivity contribution >= 4 is 0 Å². The number of piperidine rings is 1. The predicted octanol–water partition coefficient (Wildman–Crippen LogP) is 3.54. The van der Waals surface area contributed by atoms with Crippen LogP contribution >= 0.6 is 0 Å². The zero-order chi connectivity index (χ0) is 11.1. The van der Waals surface area contributed by atoms with Crippen molar-refractivity contribution in [3.05, 3.63) is 0 Å². The Hall–Kier alpha value is -0.0400. The van der Waals surface area contributed by atoms with E-state index in [4.69, 9.17) is 0 Å². The second kappa shape index (κ2) is 4.33. The highest BCUT2D eigenvalue weighted by Crippen LogP contribution is 2.49. The Morgan fingerprint density at radius 2 is 1.75 bits per heavy atom. The van der Waals surface area contributed by atoms with E-state index in [0.717, 1.165) is 29.7 Å². The van der Waals surface area contributed by atoms with E-state index in [2.05, 4.69) is 18.9 Å². The van der Waals surface area contributed by atoms with Crippen LogP contribution in [0.4, 0.5) is 0 Å². The first-order valence-electron chi connectivity index (χ1n) is 7.47. The van der Waals surface area contributed by atoms with Gasteiger partial charge in [-0.25, -0.2) is 0 Å². The molecule has 1 heteroatoms. The van der Waals surface area contributed by atoms with Crippen LogP contribution in [-0.2, 0) is 0 Å². The quantitative estimate of drug-likeness (QED) is 0.605. The van der Waals surface area contributed by atoms with E-state index in [0.29, 0.717) is 0 Å². The first-order chi connectivity index (χ1) is 7.77. The summed E-state index contributed by atoms with van der Waals surface area (Å²) in [6, 6.07) is 0.954. The van der Waals surface area contributed by atoms with Crippen molar-refractivity contribution in [1.82, 2.24) is 4.90 Å². The summed E-state index contributed by atoms with van der Waals surface area (Å²) in [4.78, 5) is 2.71. The van der Waals surface area contributed by atoms with Gasteiger partial charge in [0.1, 0.15) is 0 Å². The van der Waals surface area contributed by atoms with E-state index in [1.807, 2.05) is 0 Å². The highest BCUT2D eigenvalue weighted by atomic mass is 15.1. The normalized spacial score (nSPS) is 49.5. The van der Waals surface area contributed by atoms with E-state index >= 15 is 0 Å². The topological polar surface area (TPSA) is 3.24 Å². The lowest BCUT2D eigenvalue weighted by molar-refractivity contribution is -0.0304. The Kier molecular flexibility index (Phi) is 2.99. The van der Waals surface area contributed by atoms with Gasteiger partial charge in [-0.1, -0.05) is 19.8 Å². The maximum Gasteiger partial charge on any atom is 0.0151 e. The number of fused-ring (bicyclic) bond motifs is 3. The third-order valence-corrected chi connectivity index (χ3v) is 5.86. The smallest absolute Gasteiger partial charge is 0.0151 e. The van der Waals surface area contributed by atoms with Gasteiger partial charge >= 0.3 is 0 Å². The van der Waals surface area contributed by atoms with E-state index < -0.39 is 0 Å². The summed E-state index contributed by atoms with van der Waals surface area (Å²) in [6.45, 7) is 3.87. The number of rotatable bonds is 0. The summed E-state index contributed by atoms with van der Waals surface area (Å²) in [7, 11) is 2.39. The third kappa shape index (κ3) is 1.72. The molecule has 0 spiro atoms. The molecule has 3 aliphatic rings. The van der Waals surface area contributed by atoms with Crippen LogP contribution in [0.1, 0.15) is 51.9 Å². The van der Waals surface area contributed by atoms with Gasteiger partial charge in [-0.2, -0.15) is 0 Å². The van der Waals surface area contributed by atoms with Crippen molar-refractivity contribution in [1.29, 1.82) is 0 Å². The van der Waals surface area contributed by atoms with Gasteiger partial charge < -0.3 is 4.90 Å². The van der Waals surface area contributed by atoms with Crippen LogP contribution in [0.2, 0.25) is 0 Å². The van der Waals surface area contributed by atoms with Crippen LogP contribution in [0.25, 0.3) is 0 Å². The average Bonchev–Trinajstić information content (AvgIpc) is 2.29. The SMILES string of the molecule is CC1CCCC2C1CCC1CCCN(C)C12. The molecule has 92 valence electrons. The molecule has 2 aliphatic carbocycles. The minimum atomic E-state index is 0.954. The largest absolute Gasteiger partial charge is 0.303 e. The average molecular weight is 221 g/mol. The fourth-order valence-electron chi connectivity index (χ4n) is 5.13. The minimum absolute atomic E-state index is 0.954. The molecule has 0 aromatic rings. The van der Waals surface area contributed by atoms with Crippen LogP contribution < -0.4 is 0 Å². The van der Waals surface area contributed by atoms with Crippen LogP contribution in [0.15, 0.2) is 0 Å². The zero-order valence-corrected chi connectivity index (χ0v) is 11.0. The Bertz CT molecular complexity index is 250. The maximum atomic E-state index is 2.71. The summed E-state index contributed by atoms with van der Waals surface area (Å²) in [5.74, 6) is 4.17. The van der Waals surface area contributed by atoms with E-state index in [1.54, 1.807) is 6.42 Å². The lowest BCUT2D eigenvalue weighted by Crippen LogP contribution is -2.53. The second-order valence-corrected chi connectivity index (χ2v) is 6.69. The van der Waals surface area contributed by atoms with Gasteiger partial charge in [0.05, 0.1) is 0 Å². The standard InChI is InChI=1S/C15H27N/c1-11-5-3-7-14-13(11)9-8-12-6-4-10-16(2)15(12)14/h11-15H,3-10H2,1-2H3. The molecule has 0 radical (unpaired) electrons. The molecule has 0 amide bonds. The van der Waals surface area contributed by atoms with Gasteiger partial charge in [-0.15, -0.1) is 0 Å². The van der Waals surface area contributed by atoms with Crippen molar-refractivity contribution in [2.24, 2.45) is 23.7 Å². The van der Waals surface area contributed by atoms with Crippen LogP contribution in [0, 0.1) is 23.7 Å². The first-order valence-corrected chi connectivity index (χ1v) is 7.47. The summed E-state index contributed by atoms with van der Waals surface area (Å²) >= 11 is 0. The van der Waals surface area contributed by atoms with E-state index in [9.17, 15) is 0 Å². The van der Waals surface area contributed by atoms with Crippen molar-refractivity contribution in [3.8, 4) is 0 Å². The van der Waals surface area contributed by atoms with Crippen LogP contribution in [0.5, 0.6) is 0 Å². The molecule has 2 saturated carbocycles. The van der Waals surface area contributed by atoms with Crippen molar-refractivity contribution < 1.29 is 0 Å². The van der Waals surface area contributed by atoms with Gasteiger partial charge in [-0.3, -0.25) is 0 Å². The molecule has 5 atom stereocenters. The Morgan fingerprint density at radius 1 is 0.875 bits per heavy atom. The monoisotopic (exact) mass is 221 g/mol. The van der Waals surface area contributed by atoms with Crippen molar-refractivity contribution in [2.45, 2.75) is 57.9 Å². The molecule has 1 nitrogen and oxygen atoms in total. The first kappa shape index (κ1) is 11.1. The van der Waals surface area contributed by atoms with Crippen LogP contribution in [0.3, 0.4) is 0 Å². The zero-order valence-electron chi connectivity index (χ0n) is 11.0. The summed E-state index contributed by atoms with van der Waals surface area (Å²) in [5.41, 5.74) is 0. The molecule has 16 heavy (non-hydrogen) atoms. The molecule has 1 aliphatic heterocycles. The predicted molar refractivity (Wildman–Crippen MR) is 68.4 cm³/mol. The summed E-state index contributed by atoms with van der Waals surface area (Å²) in [5, 5.41) is 0. The van der Waals surface area contributed by atoms with Gasteiger partial charge in [-0.05, 0) is 69.4 Å². The van der Waals surface area contributed by atoms with E-state index in [-0.39, 0.29) is 0 Å². The van der Waals surface area contributed by atoms with Gasteiger partial charge in [0, 0.05) is 6.04 Å². The molecule has 0 aromatic heterocycles. The van der Waals surface area contributed by atoms with Gasteiger partial charge in [0.25, 0.3) is 0 Å². The Balaban J connectivity index is 1.81. The highest BCUT2D eigenvalue weighted by Gasteiger charge is 2.45. The summed E-state index contributed by atoms with van der Waals surface area (Å²) in [6.07, 6.45) is 10.6. The molecule has 0 aromatic carbocycles. The number of hydrogen-bond donors (Lipinski definition) is 0. The molecule has 3 fully saturated rings. The minimum Gasteiger partial charge on any atom is -0.303 e. The fourth-order valence-corrected chi connectivity index (χ4v) is 5.13. The molecule has 3 rings (SSSR count). The van der Waals surface area contributed by atoms with Gasteiger partial charge in [0.15, 0.2) is 0 Å². The maximum absolute atomic E-state index is 2.71. The third-order valence-electron chi connectivity index (χ3n) is 5.86. The Morgan fingerprint density at radius 3 is 2.62 bits per heavy atom. The number of likely N-dealkylation sites (tertiary alicyclic amines) is 1. The molecule has 0 N–H and O–H groups in total. The Labute approximate surface area is 101 Å². The molecular weight excluding hydrogens is 194 g/mol. The van der Waals surface area contributed by atoms with Crippen molar-refractivity contribution in [2.75, 3.05) is 13.6 Å². The number of nitrogens with zero attached hydrogens (tertiary/aromatic N) is 1. The molecule has 1 saturated heterocycles. The second-order valence-electron chi connectivity index (χ2n) is 6.69. The lowest BCUT2D eigenvalue weighted by atomic mass is 9.59. The van der Waals surface area contributed by atoms with Gasteiger partial charge in [0.2, 0.25) is 0 Å². The molecule has 0 bridgehead atoms. The highest BCUT2D eigenvalue weighted by molar-refractivity contribution is 4.97. The summed E-state index contributed by atoms with van der Waals surface area (Å²) < 4.78 is 0. The number of hydrogen-bond acceptors (Lipinski definition) is 1. The van der Waals surface area contributed by atoms with Crippen molar-refractivity contribution in [3.63, 3.8) is 0 Å². The van der Waals surface area contributed by atoms with Crippen LogP contribution in [-0.4, -0.2) is 24.5 Å². The lowest BCUT2D eigenvalue weighted by Gasteiger charge is -2.53. The molecule has 1 heterocycles. The fraction of sp³-hybridized carbons (Fsp3) is 1.00. The van der Waals surface area contributed by atoms with E-state index in [1.165, 1.54) is 45.1 Å². The molecule has 5 unspecified atom stereocenters. The molecular formula is C15H27N.